The van der Waals surface area contributed by atoms with Crippen LogP contribution in [0.25, 0.3) is 0 Å². The summed E-state index contributed by atoms with van der Waals surface area (Å²) in [7, 11) is 0. The van der Waals surface area contributed by atoms with E-state index in [0.717, 1.165) is 32.2 Å². The van der Waals surface area contributed by atoms with Crippen LogP contribution in [-0.2, 0) is 11.3 Å². The fourth-order valence-corrected chi connectivity index (χ4v) is 2.71. The molecule has 2 heterocycles. The van der Waals surface area contributed by atoms with E-state index in [9.17, 15) is 14.9 Å². The van der Waals surface area contributed by atoms with E-state index in [1.165, 1.54) is 10.7 Å². The number of likely N-dealkylation sites (tertiary alicyclic amines) is 1. The van der Waals surface area contributed by atoms with Crippen LogP contribution in [0.5, 0.6) is 0 Å². The van der Waals surface area contributed by atoms with Crippen molar-refractivity contribution in [2.24, 2.45) is 0 Å². The first-order chi connectivity index (χ1) is 9.52. The average Bonchev–Trinajstić information content (AvgIpc) is 2.80. The first kappa shape index (κ1) is 14.5. The molecule has 1 aromatic heterocycles. The molecule has 1 aliphatic rings. The van der Waals surface area contributed by atoms with Gasteiger partial charge in [0.2, 0.25) is 5.91 Å². The number of carbonyl (C=O) groups excluding carboxylic acids is 1. The van der Waals surface area contributed by atoms with Gasteiger partial charge in [-0.25, -0.2) is 0 Å². The molecule has 0 bridgehead atoms. The maximum atomic E-state index is 12.4. The largest absolute Gasteiger partial charge is 0.390 e. The molecule has 0 saturated carbocycles. The van der Waals surface area contributed by atoms with Gasteiger partial charge in [-0.3, -0.25) is 4.79 Å². The minimum absolute atomic E-state index is 0.00218. The van der Waals surface area contributed by atoms with E-state index in [0.29, 0.717) is 11.7 Å². The fraction of sp³-hybridized carbons (Fsp3) is 0.692. The van der Waals surface area contributed by atoms with Gasteiger partial charge < -0.3 is 15.0 Å². The highest BCUT2D eigenvalue weighted by atomic mass is 16.6. The second-order valence-corrected chi connectivity index (χ2v) is 5.20. The van der Waals surface area contributed by atoms with Crippen molar-refractivity contribution in [2.45, 2.75) is 52.1 Å². The van der Waals surface area contributed by atoms with Gasteiger partial charge in [0.25, 0.3) is 0 Å². The Hall–Kier alpha value is -1.92. The average molecular weight is 280 g/mol. The first-order valence-corrected chi connectivity index (χ1v) is 7.01. The van der Waals surface area contributed by atoms with Gasteiger partial charge >= 0.3 is 5.82 Å². The Bertz CT molecular complexity index is 512. The molecule has 110 valence electrons. The van der Waals surface area contributed by atoms with E-state index in [2.05, 4.69) is 12.0 Å². The Morgan fingerprint density at radius 3 is 2.90 bits per heavy atom. The lowest BCUT2D eigenvalue weighted by Crippen LogP contribution is -2.45. The van der Waals surface area contributed by atoms with Crippen molar-refractivity contribution in [3.8, 4) is 0 Å². The summed E-state index contributed by atoms with van der Waals surface area (Å²) in [6, 6.07) is 1.68. The second-order valence-electron chi connectivity index (χ2n) is 5.20. The zero-order valence-corrected chi connectivity index (χ0v) is 11.9. The first-order valence-electron chi connectivity index (χ1n) is 7.01. The van der Waals surface area contributed by atoms with Crippen LogP contribution in [0.4, 0.5) is 5.82 Å². The monoisotopic (exact) mass is 280 g/mol. The molecular weight excluding hydrogens is 260 g/mol. The molecule has 7 heteroatoms. The maximum absolute atomic E-state index is 12.4. The summed E-state index contributed by atoms with van der Waals surface area (Å²) in [5.41, 5.74) is 0.634. The molecular formula is C13H20N4O3. The Kier molecular flexibility index (Phi) is 4.36. The number of nitro groups is 1. The third-order valence-electron chi connectivity index (χ3n) is 3.86. The predicted molar refractivity (Wildman–Crippen MR) is 73.3 cm³/mol. The molecule has 1 saturated heterocycles. The molecule has 1 amide bonds. The van der Waals surface area contributed by atoms with Crippen LogP contribution in [0, 0.1) is 17.0 Å². The molecule has 7 nitrogen and oxygen atoms in total. The fourth-order valence-electron chi connectivity index (χ4n) is 2.71. The summed E-state index contributed by atoms with van der Waals surface area (Å²) in [6.45, 7) is 4.66. The van der Waals surface area contributed by atoms with Gasteiger partial charge in [0.1, 0.15) is 6.54 Å². The molecule has 1 fully saturated rings. The number of amides is 1. The van der Waals surface area contributed by atoms with Gasteiger partial charge in [0, 0.05) is 12.6 Å². The highest BCUT2D eigenvalue weighted by Crippen LogP contribution is 2.20. The van der Waals surface area contributed by atoms with Gasteiger partial charge in [-0.1, -0.05) is 6.92 Å². The van der Waals surface area contributed by atoms with Crippen molar-refractivity contribution < 1.29 is 9.72 Å². The molecule has 2 rings (SSSR count). The van der Waals surface area contributed by atoms with E-state index >= 15 is 0 Å². The quantitative estimate of drug-likeness (QED) is 0.623. The van der Waals surface area contributed by atoms with Crippen LogP contribution in [0.2, 0.25) is 0 Å². The Morgan fingerprint density at radius 2 is 2.30 bits per heavy atom. The zero-order chi connectivity index (χ0) is 14.7. The number of rotatable bonds is 4. The number of nitrogens with zero attached hydrogens (tertiary/aromatic N) is 4. The summed E-state index contributed by atoms with van der Waals surface area (Å²) < 4.78 is 1.42. The molecule has 1 aliphatic heterocycles. The van der Waals surface area contributed by atoms with Gasteiger partial charge in [-0.2, -0.15) is 4.68 Å². The van der Waals surface area contributed by atoms with Crippen LogP contribution < -0.4 is 0 Å². The third-order valence-corrected chi connectivity index (χ3v) is 3.86. The molecule has 0 unspecified atom stereocenters. The minimum atomic E-state index is -0.538. The molecule has 0 radical (unpaired) electrons. The molecule has 1 aromatic rings. The smallest absolute Gasteiger partial charge is 0.358 e. The van der Waals surface area contributed by atoms with Gasteiger partial charge in [-0.05, 0) is 37.5 Å². The van der Waals surface area contributed by atoms with Crippen molar-refractivity contribution >= 4 is 11.7 Å². The van der Waals surface area contributed by atoms with E-state index in [4.69, 9.17) is 0 Å². The predicted octanol–water partition coefficient (Wildman–Crippen LogP) is 1.89. The number of aromatic nitrogens is 2. The Balaban J connectivity index is 2.08. The molecule has 20 heavy (non-hydrogen) atoms. The second kappa shape index (κ2) is 6.02. The van der Waals surface area contributed by atoms with E-state index in [-0.39, 0.29) is 18.3 Å². The number of carbonyl (C=O) groups is 1. The third kappa shape index (κ3) is 2.97. The summed E-state index contributed by atoms with van der Waals surface area (Å²) in [6.07, 6.45) is 4.18. The van der Waals surface area contributed by atoms with Crippen LogP contribution in [-0.4, -0.2) is 38.1 Å². The molecule has 0 aromatic carbocycles. The summed E-state index contributed by atoms with van der Waals surface area (Å²) in [4.78, 5) is 24.4. The van der Waals surface area contributed by atoms with Gasteiger partial charge in [0.15, 0.2) is 0 Å². The highest BCUT2D eigenvalue weighted by Gasteiger charge is 2.27. The summed E-state index contributed by atoms with van der Waals surface area (Å²) in [5, 5.41) is 14.6. The Morgan fingerprint density at radius 1 is 1.55 bits per heavy atom. The summed E-state index contributed by atoms with van der Waals surface area (Å²) in [5.74, 6) is -0.210. The van der Waals surface area contributed by atoms with Crippen LogP contribution in [0.3, 0.4) is 0 Å². The van der Waals surface area contributed by atoms with Crippen LogP contribution in [0.15, 0.2) is 6.07 Å². The lowest BCUT2D eigenvalue weighted by atomic mass is 10.00. The van der Waals surface area contributed by atoms with Crippen molar-refractivity contribution in [1.29, 1.82) is 0 Å². The molecule has 1 atom stereocenters. The highest BCUT2D eigenvalue weighted by molar-refractivity contribution is 5.76. The van der Waals surface area contributed by atoms with E-state index < -0.39 is 4.92 Å². The van der Waals surface area contributed by atoms with E-state index in [1.54, 1.807) is 6.92 Å². The standard InChI is InChI=1S/C13H20N4O3/c1-3-11-6-4-5-7-15(11)13(18)9-16-10(2)8-12(14-16)17(19)20/h8,11H,3-7,9H2,1-2H3/t11-/m1/s1. The zero-order valence-electron chi connectivity index (χ0n) is 11.9. The lowest BCUT2D eigenvalue weighted by Gasteiger charge is -2.35. The number of hydrogen-bond donors (Lipinski definition) is 0. The molecule has 0 spiro atoms. The SMILES string of the molecule is CC[C@@H]1CCCCN1C(=O)Cn1nc([N+](=O)[O-])cc1C. The number of aryl methyl sites for hydroxylation is 1. The van der Waals surface area contributed by atoms with Gasteiger partial charge in [0.05, 0.1) is 16.9 Å². The van der Waals surface area contributed by atoms with Crippen LogP contribution >= 0.6 is 0 Å². The van der Waals surface area contributed by atoms with Crippen molar-refractivity contribution in [3.63, 3.8) is 0 Å². The Labute approximate surface area is 117 Å². The van der Waals surface area contributed by atoms with Crippen molar-refractivity contribution in [2.75, 3.05) is 6.54 Å². The van der Waals surface area contributed by atoms with Gasteiger partial charge in [-0.15, -0.1) is 0 Å². The topological polar surface area (TPSA) is 81.3 Å². The number of hydrogen-bond acceptors (Lipinski definition) is 4. The maximum Gasteiger partial charge on any atom is 0.390 e. The number of piperidine rings is 1. The molecule has 0 aliphatic carbocycles. The molecule has 0 N–H and O–H groups in total. The lowest BCUT2D eigenvalue weighted by molar-refractivity contribution is -0.389. The van der Waals surface area contributed by atoms with Crippen LogP contribution in [0.1, 0.15) is 38.3 Å². The normalized spacial score (nSPS) is 19.1. The summed E-state index contributed by atoms with van der Waals surface area (Å²) >= 11 is 0. The van der Waals surface area contributed by atoms with E-state index in [1.807, 2.05) is 4.90 Å². The van der Waals surface area contributed by atoms with Crippen molar-refractivity contribution in [1.82, 2.24) is 14.7 Å². The minimum Gasteiger partial charge on any atom is -0.358 e. The van der Waals surface area contributed by atoms with Crippen molar-refractivity contribution in [3.05, 3.63) is 21.9 Å².